The van der Waals surface area contributed by atoms with Crippen LogP contribution in [0, 0.1) is 0 Å². The first kappa shape index (κ1) is 24.5. The molecule has 0 saturated carbocycles. The minimum Gasteiger partial charge on any atom is -0.497 e. The number of hydrazone groups is 1. The molecule has 35 heavy (non-hydrogen) atoms. The van der Waals surface area contributed by atoms with Crippen LogP contribution >= 0.6 is 11.6 Å². The van der Waals surface area contributed by atoms with E-state index in [1.165, 1.54) is 23.3 Å². The van der Waals surface area contributed by atoms with Crippen molar-refractivity contribution in [3.05, 3.63) is 88.8 Å². The number of furan rings is 1. The van der Waals surface area contributed by atoms with Gasteiger partial charge in [-0.2, -0.15) is 5.10 Å². The highest BCUT2D eigenvalue weighted by atomic mass is 35.5. The average molecular weight is 496 g/mol. The number of hydrogen-bond acceptors (Lipinski definition) is 6. The molecule has 1 aliphatic heterocycles. The number of ether oxygens (including phenoxy) is 2. The zero-order valence-electron chi connectivity index (χ0n) is 19.5. The monoisotopic (exact) mass is 495 g/mol. The normalized spacial score (nSPS) is 15.1. The van der Waals surface area contributed by atoms with Crippen LogP contribution in [-0.2, 0) is 9.53 Å². The Bertz CT molecular complexity index is 1210. The summed E-state index contributed by atoms with van der Waals surface area (Å²) in [5.41, 5.74) is 2.35. The van der Waals surface area contributed by atoms with E-state index in [0.29, 0.717) is 17.2 Å². The Morgan fingerprint density at radius 2 is 1.97 bits per heavy atom. The van der Waals surface area contributed by atoms with E-state index < -0.39 is 11.9 Å². The standard InChI is InChI=1S/C26H26ClN3O5/c1-33-14-12-29(26(32)24-11-6-13-35-24)17-25(31)30-23(20-9-3-4-10-21(20)27)16-22(28-30)18-7-5-8-19(15-18)34-2/h3-11,13,15,23H,12,14,16-17H2,1-2H3/t23-/m0/s1. The second-order valence-electron chi connectivity index (χ2n) is 7.96. The van der Waals surface area contributed by atoms with Gasteiger partial charge >= 0.3 is 0 Å². The van der Waals surface area contributed by atoms with Gasteiger partial charge in [0.25, 0.3) is 11.8 Å². The summed E-state index contributed by atoms with van der Waals surface area (Å²) >= 11 is 6.51. The van der Waals surface area contributed by atoms with Gasteiger partial charge in [-0.3, -0.25) is 9.59 Å². The topological polar surface area (TPSA) is 84.6 Å². The maximum Gasteiger partial charge on any atom is 0.290 e. The Hall–Kier alpha value is -3.62. The van der Waals surface area contributed by atoms with Gasteiger partial charge in [-0.15, -0.1) is 0 Å². The van der Waals surface area contributed by atoms with Crippen LogP contribution in [-0.4, -0.2) is 61.4 Å². The lowest BCUT2D eigenvalue weighted by molar-refractivity contribution is -0.133. The Morgan fingerprint density at radius 3 is 2.69 bits per heavy atom. The van der Waals surface area contributed by atoms with Gasteiger partial charge in [-0.1, -0.05) is 41.9 Å². The van der Waals surface area contributed by atoms with E-state index in [4.69, 9.17) is 25.5 Å². The van der Waals surface area contributed by atoms with Crippen molar-refractivity contribution in [1.29, 1.82) is 0 Å². The number of nitrogens with zero attached hydrogens (tertiary/aromatic N) is 3. The van der Waals surface area contributed by atoms with Crippen molar-refractivity contribution in [3.63, 3.8) is 0 Å². The summed E-state index contributed by atoms with van der Waals surface area (Å²) in [7, 11) is 3.14. The van der Waals surface area contributed by atoms with Gasteiger partial charge < -0.3 is 18.8 Å². The molecule has 2 heterocycles. The van der Waals surface area contributed by atoms with Crippen LogP contribution in [0.15, 0.2) is 76.4 Å². The molecule has 1 atom stereocenters. The second-order valence-corrected chi connectivity index (χ2v) is 8.36. The number of halogens is 1. The third kappa shape index (κ3) is 5.55. The number of benzene rings is 2. The number of methoxy groups -OCH3 is 2. The predicted octanol–water partition coefficient (Wildman–Crippen LogP) is 4.41. The molecule has 2 amide bonds. The van der Waals surface area contributed by atoms with Crippen LogP contribution in [0.5, 0.6) is 5.75 Å². The van der Waals surface area contributed by atoms with E-state index in [1.807, 2.05) is 42.5 Å². The van der Waals surface area contributed by atoms with Gasteiger partial charge in [-0.25, -0.2) is 5.01 Å². The van der Waals surface area contributed by atoms with Crippen molar-refractivity contribution in [2.24, 2.45) is 5.10 Å². The molecule has 0 aliphatic carbocycles. The predicted molar refractivity (Wildman–Crippen MR) is 132 cm³/mol. The van der Waals surface area contributed by atoms with E-state index in [0.717, 1.165) is 16.8 Å². The average Bonchev–Trinajstić information content (AvgIpc) is 3.57. The molecule has 0 saturated heterocycles. The molecule has 1 aliphatic rings. The first-order valence-electron chi connectivity index (χ1n) is 11.1. The molecule has 0 spiro atoms. The minimum atomic E-state index is -0.416. The smallest absolute Gasteiger partial charge is 0.290 e. The molecule has 3 aromatic rings. The summed E-state index contributed by atoms with van der Waals surface area (Å²) < 4.78 is 15.7. The summed E-state index contributed by atoms with van der Waals surface area (Å²) in [5, 5.41) is 6.65. The minimum absolute atomic E-state index is 0.151. The molecule has 0 N–H and O–H groups in total. The molecule has 8 nitrogen and oxygen atoms in total. The SMILES string of the molecule is COCCN(CC(=O)N1N=C(c2cccc(OC)c2)C[C@H]1c1ccccc1Cl)C(=O)c1ccco1. The molecule has 9 heteroatoms. The first-order valence-corrected chi connectivity index (χ1v) is 11.5. The number of rotatable bonds is 9. The van der Waals surface area contributed by atoms with Gasteiger partial charge in [0, 0.05) is 30.7 Å². The largest absolute Gasteiger partial charge is 0.497 e. The van der Waals surface area contributed by atoms with E-state index in [2.05, 4.69) is 5.10 Å². The summed E-state index contributed by atoms with van der Waals surface area (Å²) in [4.78, 5) is 27.9. The summed E-state index contributed by atoms with van der Waals surface area (Å²) in [5.74, 6) is 0.104. The highest BCUT2D eigenvalue weighted by Crippen LogP contribution is 2.36. The fourth-order valence-corrected chi connectivity index (χ4v) is 4.21. The Morgan fingerprint density at radius 1 is 1.14 bits per heavy atom. The van der Waals surface area contributed by atoms with E-state index in [1.54, 1.807) is 25.3 Å². The van der Waals surface area contributed by atoms with Crippen LogP contribution in [0.4, 0.5) is 0 Å². The van der Waals surface area contributed by atoms with E-state index in [-0.39, 0.29) is 31.4 Å². The lowest BCUT2D eigenvalue weighted by atomic mass is 9.98. The fraction of sp³-hybridized carbons (Fsp3) is 0.269. The maximum atomic E-state index is 13.6. The number of amides is 2. The summed E-state index contributed by atoms with van der Waals surface area (Å²) in [6.07, 6.45) is 1.88. The van der Waals surface area contributed by atoms with Gasteiger partial charge in [0.15, 0.2) is 5.76 Å². The molecule has 2 aromatic carbocycles. The molecular formula is C26H26ClN3O5. The van der Waals surface area contributed by atoms with Gasteiger partial charge in [0.2, 0.25) is 0 Å². The van der Waals surface area contributed by atoms with Crippen molar-refractivity contribution in [2.75, 3.05) is 33.9 Å². The van der Waals surface area contributed by atoms with Crippen molar-refractivity contribution in [3.8, 4) is 5.75 Å². The molecule has 182 valence electrons. The van der Waals surface area contributed by atoms with Crippen molar-refractivity contribution in [2.45, 2.75) is 12.5 Å². The van der Waals surface area contributed by atoms with Gasteiger partial charge in [0.05, 0.1) is 31.7 Å². The Balaban J connectivity index is 1.65. The fourth-order valence-electron chi connectivity index (χ4n) is 3.95. The van der Waals surface area contributed by atoms with Crippen molar-refractivity contribution < 1.29 is 23.5 Å². The Kier molecular flexibility index (Phi) is 7.84. The van der Waals surface area contributed by atoms with Crippen molar-refractivity contribution >= 4 is 29.1 Å². The number of hydrogen-bond donors (Lipinski definition) is 0. The zero-order chi connectivity index (χ0) is 24.8. The zero-order valence-corrected chi connectivity index (χ0v) is 20.3. The molecule has 1 aromatic heterocycles. The maximum absolute atomic E-state index is 13.6. The second kappa shape index (κ2) is 11.2. The molecule has 0 radical (unpaired) electrons. The highest BCUT2D eigenvalue weighted by Gasteiger charge is 2.35. The lowest BCUT2D eigenvalue weighted by Crippen LogP contribution is -2.42. The third-order valence-corrected chi connectivity index (χ3v) is 6.09. The molecular weight excluding hydrogens is 470 g/mol. The molecule has 4 rings (SSSR count). The number of carbonyl (C=O) groups is 2. The molecule has 0 bridgehead atoms. The summed E-state index contributed by atoms with van der Waals surface area (Å²) in [6.45, 7) is 0.295. The lowest BCUT2D eigenvalue weighted by Gasteiger charge is -2.26. The van der Waals surface area contributed by atoms with Crippen LogP contribution < -0.4 is 4.74 Å². The van der Waals surface area contributed by atoms with Crippen LogP contribution in [0.3, 0.4) is 0 Å². The third-order valence-electron chi connectivity index (χ3n) is 5.74. The quantitative estimate of drug-likeness (QED) is 0.439. The molecule has 0 fully saturated rings. The van der Waals surface area contributed by atoms with E-state index >= 15 is 0 Å². The van der Waals surface area contributed by atoms with Crippen LogP contribution in [0.1, 0.15) is 34.1 Å². The van der Waals surface area contributed by atoms with Crippen LogP contribution in [0.2, 0.25) is 5.02 Å². The van der Waals surface area contributed by atoms with Crippen LogP contribution in [0.25, 0.3) is 0 Å². The number of carbonyl (C=O) groups excluding carboxylic acids is 2. The first-order chi connectivity index (χ1) is 17.0. The highest BCUT2D eigenvalue weighted by molar-refractivity contribution is 6.31. The van der Waals surface area contributed by atoms with Crippen molar-refractivity contribution in [1.82, 2.24) is 9.91 Å². The summed E-state index contributed by atoms with van der Waals surface area (Å²) in [6, 6.07) is 17.7. The van der Waals surface area contributed by atoms with E-state index in [9.17, 15) is 9.59 Å². The van der Waals surface area contributed by atoms with Gasteiger partial charge in [0.1, 0.15) is 12.3 Å². The molecule has 0 unspecified atom stereocenters. The Labute approximate surface area is 208 Å². The van der Waals surface area contributed by atoms with Gasteiger partial charge in [-0.05, 0) is 35.9 Å².